The molecule has 6 nitrogen and oxygen atoms in total. The van der Waals surface area contributed by atoms with Crippen molar-refractivity contribution in [3.8, 4) is 34.5 Å². The monoisotopic (exact) mass is 342 g/mol. The summed E-state index contributed by atoms with van der Waals surface area (Å²) >= 11 is 6.29. The molecule has 3 aromatic rings. The van der Waals surface area contributed by atoms with E-state index >= 15 is 0 Å². The van der Waals surface area contributed by atoms with Crippen molar-refractivity contribution in [2.24, 2.45) is 5.73 Å². The highest BCUT2D eigenvalue weighted by molar-refractivity contribution is 6.33. The first-order valence-electron chi connectivity index (χ1n) is 7.19. The zero-order valence-electron chi connectivity index (χ0n) is 12.9. The van der Waals surface area contributed by atoms with E-state index in [2.05, 4.69) is 15.0 Å². The quantitative estimate of drug-likeness (QED) is 0.756. The zero-order valence-corrected chi connectivity index (χ0v) is 13.7. The summed E-state index contributed by atoms with van der Waals surface area (Å²) in [5.74, 6) is 0.981. The molecule has 24 heavy (non-hydrogen) atoms. The fourth-order valence-corrected chi connectivity index (χ4v) is 2.38. The number of phenolic OH excluding ortho intramolecular Hbond substituents is 1. The van der Waals surface area contributed by atoms with E-state index in [1.807, 2.05) is 12.1 Å². The summed E-state index contributed by atoms with van der Waals surface area (Å²) in [5, 5.41) is 9.94. The maximum absolute atomic E-state index is 9.42. The molecule has 0 atom stereocenters. The van der Waals surface area contributed by atoms with Crippen molar-refractivity contribution in [1.29, 1.82) is 0 Å². The number of halogens is 1. The van der Waals surface area contributed by atoms with Gasteiger partial charge >= 0.3 is 6.01 Å². The lowest BCUT2D eigenvalue weighted by molar-refractivity contribution is 0.379. The molecule has 1 heterocycles. The third-order valence-corrected chi connectivity index (χ3v) is 3.76. The van der Waals surface area contributed by atoms with E-state index in [-0.39, 0.29) is 11.8 Å². The van der Waals surface area contributed by atoms with Gasteiger partial charge in [0, 0.05) is 17.7 Å². The van der Waals surface area contributed by atoms with Gasteiger partial charge in [0.15, 0.2) is 11.6 Å². The number of benzene rings is 2. The summed E-state index contributed by atoms with van der Waals surface area (Å²) in [6.07, 6.45) is 0. The van der Waals surface area contributed by atoms with Gasteiger partial charge in [-0.2, -0.15) is 9.97 Å². The number of hydrogen-bond acceptors (Lipinski definition) is 6. The molecular formula is C17H15ClN4O2. The minimum absolute atomic E-state index is 0.165. The third-order valence-electron chi connectivity index (χ3n) is 3.43. The summed E-state index contributed by atoms with van der Waals surface area (Å²) in [4.78, 5) is 13.0. The van der Waals surface area contributed by atoms with Crippen LogP contribution in [0.2, 0.25) is 5.02 Å². The van der Waals surface area contributed by atoms with Crippen LogP contribution in [0.3, 0.4) is 0 Å². The maximum Gasteiger partial charge on any atom is 0.320 e. The Labute approximate surface area is 143 Å². The minimum Gasteiger partial charge on any atom is -0.508 e. The summed E-state index contributed by atoms with van der Waals surface area (Å²) in [6.45, 7) is 0.386. The number of aromatic hydroxyl groups is 1. The molecule has 0 aliphatic heterocycles. The zero-order chi connectivity index (χ0) is 17.1. The molecular weight excluding hydrogens is 328 g/mol. The van der Waals surface area contributed by atoms with Crippen LogP contribution in [0.15, 0.2) is 42.5 Å². The first kappa shape index (κ1) is 16.2. The second-order valence-corrected chi connectivity index (χ2v) is 5.44. The van der Waals surface area contributed by atoms with Gasteiger partial charge in [0.2, 0.25) is 0 Å². The lowest BCUT2D eigenvalue weighted by atomic mass is 10.1. The highest BCUT2D eigenvalue weighted by atomic mass is 35.5. The Bertz CT molecular complexity index is 869. The van der Waals surface area contributed by atoms with Gasteiger partial charge in [0.25, 0.3) is 0 Å². The van der Waals surface area contributed by atoms with Crippen molar-refractivity contribution in [3.63, 3.8) is 0 Å². The van der Waals surface area contributed by atoms with E-state index in [4.69, 9.17) is 22.1 Å². The van der Waals surface area contributed by atoms with Crippen molar-refractivity contribution in [3.05, 3.63) is 53.1 Å². The molecule has 122 valence electrons. The number of hydrogen-bond donors (Lipinski definition) is 2. The molecule has 0 bridgehead atoms. The predicted octanol–water partition coefficient (Wildman–Crippen LogP) is 3.03. The van der Waals surface area contributed by atoms with E-state index in [1.165, 1.54) is 7.11 Å². The van der Waals surface area contributed by atoms with E-state index < -0.39 is 0 Å². The van der Waals surface area contributed by atoms with Crippen molar-refractivity contribution in [2.45, 2.75) is 6.54 Å². The van der Waals surface area contributed by atoms with Gasteiger partial charge in [-0.25, -0.2) is 4.98 Å². The highest BCUT2D eigenvalue weighted by Crippen LogP contribution is 2.29. The molecule has 0 saturated heterocycles. The largest absolute Gasteiger partial charge is 0.508 e. The molecule has 2 aromatic carbocycles. The molecule has 0 spiro atoms. The maximum atomic E-state index is 9.42. The van der Waals surface area contributed by atoms with Crippen LogP contribution in [0.25, 0.3) is 22.8 Å². The number of methoxy groups -OCH3 is 1. The number of aromatic nitrogens is 3. The van der Waals surface area contributed by atoms with Crippen LogP contribution in [0.5, 0.6) is 11.8 Å². The van der Waals surface area contributed by atoms with Crippen LogP contribution >= 0.6 is 11.6 Å². The topological polar surface area (TPSA) is 94.2 Å². The van der Waals surface area contributed by atoms with Crippen molar-refractivity contribution >= 4 is 11.6 Å². The number of rotatable bonds is 4. The van der Waals surface area contributed by atoms with Crippen LogP contribution in [0.1, 0.15) is 5.56 Å². The van der Waals surface area contributed by atoms with Crippen LogP contribution in [-0.2, 0) is 6.54 Å². The molecule has 0 saturated carbocycles. The molecule has 3 N–H and O–H groups in total. The van der Waals surface area contributed by atoms with E-state index in [9.17, 15) is 5.11 Å². The average molecular weight is 343 g/mol. The molecule has 0 aliphatic rings. The third kappa shape index (κ3) is 3.29. The Kier molecular flexibility index (Phi) is 4.59. The van der Waals surface area contributed by atoms with Gasteiger partial charge in [-0.15, -0.1) is 0 Å². The predicted molar refractivity (Wildman–Crippen MR) is 91.8 cm³/mol. The van der Waals surface area contributed by atoms with Crippen LogP contribution < -0.4 is 10.5 Å². The first-order valence-corrected chi connectivity index (χ1v) is 7.57. The Hall–Kier alpha value is -2.70. The highest BCUT2D eigenvalue weighted by Gasteiger charge is 2.14. The summed E-state index contributed by atoms with van der Waals surface area (Å²) in [5.41, 5.74) is 7.99. The van der Waals surface area contributed by atoms with Gasteiger partial charge in [-0.05, 0) is 42.0 Å². The summed E-state index contributed by atoms with van der Waals surface area (Å²) in [7, 11) is 1.48. The molecule has 0 aliphatic carbocycles. The molecule has 1 aromatic heterocycles. The Morgan fingerprint density at radius 2 is 1.75 bits per heavy atom. The lowest BCUT2D eigenvalue weighted by Gasteiger charge is -2.09. The van der Waals surface area contributed by atoms with Crippen LogP contribution in [0, 0.1) is 0 Å². The van der Waals surface area contributed by atoms with Gasteiger partial charge in [-0.1, -0.05) is 17.7 Å². The number of nitrogens with two attached hydrogens (primary N) is 1. The van der Waals surface area contributed by atoms with E-state index in [1.54, 1.807) is 30.3 Å². The van der Waals surface area contributed by atoms with Crippen molar-refractivity contribution in [2.75, 3.05) is 7.11 Å². The molecule has 3 rings (SSSR count). The number of nitrogens with zero attached hydrogens (tertiary/aromatic N) is 3. The summed E-state index contributed by atoms with van der Waals surface area (Å²) < 4.78 is 5.18. The first-order chi connectivity index (χ1) is 11.6. The molecule has 7 heteroatoms. The van der Waals surface area contributed by atoms with E-state index in [0.29, 0.717) is 28.8 Å². The van der Waals surface area contributed by atoms with Crippen molar-refractivity contribution < 1.29 is 9.84 Å². The summed E-state index contributed by atoms with van der Waals surface area (Å²) in [6, 6.07) is 12.2. The number of ether oxygens (including phenoxy) is 1. The SMILES string of the molecule is COc1nc(-c2ccc(O)cc2)nc(-c2cc(CN)ccc2Cl)n1. The number of phenols is 1. The average Bonchev–Trinajstić information content (AvgIpc) is 2.62. The van der Waals surface area contributed by atoms with Gasteiger partial charge < -0.3 is 15.6 Å². The second kappa shape index (κ2) is 6.82. The van der Waals surface area contributed by atoms with Crippen LogP contribution in [-0.4, -0.2) is 27.2 Å². The Balaban J connectivity index is 2.15. The lowest BCUT2D eigenvalue weighted by Crippen LogP contribution is -2.02. The normalized spacial score (nSPS) is 10.6. The Morgan fingerprint density at radius 1 is 1.04 bits per heavy atom. The van der Waals surface area contributed by atoms with Gasteiger partial charge in [0.1, 0.15) is 5.75 Å². The molecule has 0 fully saturated rings. The smallest absolute Gasteiger partial charge is 0.320 e. The molecule has 0 amide bonds. The molecule has 0 unspecified atom stereocenters. The standard InChI is InChI=1S/C17H15ClN4O2/c1-24-17-21-15(11-3-5-12(23)6-4-11)20-16(22-17)13-8-10(9-19)2-7-14(13)18/h2-8,23H,9,19H2,1H3. The fourth-order valence-electron chi connectivity index (χ4n) is 2.18. The van der Waals surface area contributed by atoms with Gasteiger partial charge in [-0.3, -0.25) is 0 Å². The minimum atomic E-state index is 0.165. The second-order valence-electron chi connectivity index (χ2n) is 5.03. The van der Waals surface area contributed by atoms with Crippen molar-refractivity contribution in [1.82, 2.24) is 15.0 Å². The Morgan fingerprint density at radius 3 is 2.42 bits per heavy atom. The molecule has 0 radical (unpaired) electrons. The van der Waals surface area contributed by atoms with Crippen LogP contribution in [0.4, 0.5) is 0 Å². The van der Waals surface area contributed by atoms with E-state index in [0.717, 1.165) is 11.1 Å². The van der Waals surface area contributed by atoms with Gasteiger partial charge in [0.05, 0.1) is 12.1 Å². The fraction of sp³-hybridized carbons (Fsp3) is 0.118.